The Kier molecular flexibility index (Phi) is 8.16. The van der Waals surface area contributed by atoms with Crippen molar-refractivity contribution in [3.63, 3.8) is 0 Å². The van der Waals surface area contributed by atoms with E-state index in [1.165, 1.54) is 32.2 Å². The van der Waals surface area contributed by atoms with E-state index < -0.39 is 82.6 Å². The number of Topliss-reactive ketones (excluding diaryl/α,β-unsaturated/α-hetero) is 1. The van der Waals surface area contributed by atoms with Crippen LogP contribution in [-0.2, 0) is 25.4 Å². The molecule has 2 saturated heterocycles. The fourth-order valence-corrected chi connectivity index (χ4v) is 6.62. The number of carbonyl (C=O) groups excluding carboxylic acids is 3. The summed E-state index contributed by atoms with van der Waals surface area (Å²) < 4.78 is 22.9. The van der Waals surface area contributed by atoms with E-state index in [1.54, 1.807) is 13.3 Å². The Morgan fingerprint density at radius 2 is 1.82 bits per heavy atom. The molecule has 0 saturated carbocycles. The van der Waals surface area contributed by atoms with Gasteiger partial charge in [-0.25, -0.2) is 0 Å². The molecule has 13 nitrogen and oxygen atoms in total. The number of ether oxygens (including phenoxy) is 4. The zero-order valence-corrected chi connectivity index (χ0v) is 25.2. The van der Waals surface area contributed by atoms with Crippen molar-refractivity contribution >= 4 is 23.7 Å². The van der Waals surface area contributed by atoms with E-state index in [9.17, 15) is 34.8 Å². The molecule has 13 heteroatoms. The van der Waals surface area contributed by atoms with Crippen molar-refractivity contribution < 1.29 is 53.8 Å². The van der Waals surface area contributed by atoms with Crippen molar-refractivity contribution in [3.05, 3.63) is 51.6 Å². The molecular formula is C32H36N2O11. The van der Waals surface area contributed by atoms with Gasteiger partial charge < -0.3 is 44.3 Å². The van der Waals surface area contributed by atoms with Gasteiger partial charge in [0.05, 0.1) is 61.6 Å². The lowest BCUT2D eigenvalue weighted by atomic mass is 9.72. The highest BCUT2D eigenvalue weighted by atomic mass is 16.7. The molecule has 45 heavy (non-hydrogen) atoms. The number of rotatable bonds is 6. The smallest absolute Gasteiger partial charge is 0.202 e. The van der Waals surface area contributed by atoms with Crippen LogP contribution >= 0.6 is 0 Å². The van der Waals surface area contributed by atoms with Gasteiger partial charge in [0, 0.05) is 49.0 Å². The Hall–Kier alpha value is -3.88. The van der Waals surface area contributed by atoms with Crippen LogP contribution in [0.4, 0.5) is 0 Å². The molecule has 0 bridgehead atoms. The van der Waals surface area contributed by atoms with Crippen LogP contribution < -0.4 is 4.74 Å². The number of hydrogen-bond acceptors (Lipinski definition) is 12. The number of aliphatic imine (C=N–C) groups is 1. The van der Waals surface area contributed by atoms with Gasteiger partial charge in [-0.15, -0.1) is 0 Å². The number of morpholine rings is 1. The molecule has 240 valence electrons. The molecule has 0 radical (unpaired) electrons. The lowest BCUT2D eigenvalue weighted by Crippen LogP contribution is -2.49. The van der Waals surface area contributed by atoms with Gasteiger partial charge in [-0.1, -0.05) is 12.1 Å². The Labute approximate surface area is 259 Å². The number of aliphatic hydroxyl groups excluding tert-OH is 1. The standard InChI is InChI=1S/C32H36N2O11/c1-15-27(36)19(33-14-34-7-9-43-10-8-34)11-22(44-15)45-21-13-32(41,16(2)35)12-18-24(21)31(40)26-25(29(18)38)28(37)17-5-4-6-20(42-3)23(17)30(26)39/h4-6,14-15,19,21-22,27,36,38,40-41H,7-13H2,1-3H3/t15?,19?,21-,22?,27?,32?/m0/s1. The number of nitrogens with zero attached hydrogens (tertiary/aromatic N) is 2. The van der Waals surface area contributed by atoms with Gasteiger partial charge in [0.25, 0.3) is 0 Å². The zero-order chi connectivity index (χ0) is 32.2. The molecule has 2 aliphatic carbocycles. The van der Waals surface area contributed by atoms with Gasteiger partial charge in [0.15, 0.2) is 17.9 Å². The molecule has 0 amide bonds. The zero-order valence-electron chi connectivity index (χ0n) is 25.2. The quantitative estimate of drug-likeness (QED) is 0.176. The van der Waals surface area contributed by atoms with E-state index in [-0.39, 0.29) is 40.8 Å². The number of phenols is 2. The third kappa shape index (κ3) is 5.28. The summed E-state index contributed by atoms with van der Waals surface area (Å²) in [4.78, 5) is 46.7. The molecule has 5 unspecified atom stereocenters. The summed E-state index contributed by atoms with van der Waals surface area (Å²) in [6.07, 6.45) is -2.92. The Bertz CT molecular complexity index is 1580. The van der Waals surface area contributed by atoms with Crippen molar-refractivity contribution in [1.82, 2.24) is 4.90 Å². The fourth-order valence-electron chi connectivity index (χ4n) is 6.62. The largest absolute Gasteiger partial charge is 0.507 e. The number of benzene rings is 2. The van der Waals surface area contributed by atoms with Gasteiger partial charge in [-0.3, -0.25) is 19.4 Å². The molecule has 0 spiro atoms. The van der Waals surface area contributed by atoms with E-state index in [2.05, 4.69) is 4.99 Å². The van der Waals surface area contributed by atoms with Crippen molar-refractivity contribution in [1.29, 1.82) is 0 Å². The third-order valence-corrected chi connectivity index (χ3v) is 9.19. The monoisotopic (exact) mass is 624 g/mol. The van der Waals surface area contributed by atoms with E-state index in [4.69, 9.17) is 18.9 Å². The Balaban J connectivity index is 1.40. The molecule has 4 N–H and O–H groups in total. The normalized spacial score (nSPS) is 29.7. The van der Waals surface area contributed by atoms with Crippen molar-refractivity contribution in [2.24, 2.45) is 4.99 Å². The van der Waals surface area contributed by atoms with Crippen LogP contribution in [0.5, 0.6) is 17.2 Å². The number of fused-ring (bicyclic) bond motifs is 3. The highest BCUT2D eigenvalue weighted by Crippen LogP contribution is 2.52. The van der Waals surface area contributed by atoms with E-state index in [0.717, 1.165) is 0 Å². The summed E-state index contributed by atoms with van der Waals surface area (Å²) in [5.41, 5.74) is -3.06. The van der Waals surface area contributed by atoms with Crippen LogP contribution in [0, 0.1) is 0 Å². The number of aromatic hydroxyl groups is 2. The number of hydrogen-bond donors (Lipinski definition) is 4. The van der Waals surface area contributed by atoms with E-state index in [1.807, 2.05) is 4.90 Å². The predicted octanol–water partition coefficient (Wildman–Crippen LogP) is 1.43. The highest BCUT2D eigenvalue weighted by Gasteiger charge is 2.49. The molecule has 0 aromatic heterocycles. The van der Waals surface area contributed by atoms with Crippen molar-refractivity contribution in [3.8, 4) is 17.2 Å². The number of methoxy groups -OCH3 is 1. The average molecular weight is 625 g/mol. The molecule has 6 atom stereocenters. The van der Waals surface area contributed by atoms with Crippen LogP contribution in [0.15, 0.2) is 23.2 Å². The first-order chi connectivity index (χ1) is 21.4. The van der Waals surface area contributed by atoms with Crippen molar-refractivity contribution in [2.45, 2.75) is 69.4 Å². The molecule has 2 fully saturated rings. The van der Waals surface area contributed by atoms with Gasteiger partial charge in [-0.05, 0) is 19.9 Å². The first-order valence-electron chi connectivity index (χ1n) is 14.9. The topological polar surface area (TPSA) is 185 Å². The molecule has 2 heterocycles. The second-order valence-corrected chi connectivity index (χ2v) is 12.0. The minimum absolute atomic E-state index is 0.0150. The summed E-state index contributed by atoms with van der Waals surface area (Å²) in [5.74, 6) is -3.17. The van der Waals surface area contributed by atoms with E-state index >= 15 is 0 Å². The van der Waals surface area contributed by atoms with Crippen LogP contribution in [-0.4, -0.2) is 113 Å². The van der Waals surface area contributed by atoms with Crippen LogP contribution in [0.1, 0.15) is 75.8 Å². The molecule has 6 rings (SSSR count). The number of aliphatic hydroxyl groups is 2. The second-order valence-electron chi connectivity index (χ2n) is 12.0. The maximum Gasteiger partial charge on any atom is 0.202 e. The second kappa shape index (κ2) is 11.8. The predicted molar refractivity (Wildman–Crippen MR) is 157 cm³/mol. The van der Waals surface area contributed by atoms with Crippen LogP contribution in [0.3, 0.4) is 0 Å². The maximum absolute atomic E-state index is 13.8. The lowest BCUT2D eigenvalue weighted by molar-refractivity contribution is -0.246. The SMILES string of the molecule is COc1cccc2c1C(=O)c1c(O)c3c(c(O)c1C2=O)CC(O)(C(C)=O)C[C@@H]3OC1CC(N=CN2CCOCC2)C(O)C(C)O1. The Morgan fingerprint density at radius 1 is 1.11 bits per heavy atom. The minimum Gasteiger partial charge on any atom is -0.507 e. The number of phenolic OH excluding ortho intramolecular Hbond substituents is 2. The lowest BCUT2D eigenvalue weighted by Gasteiger charge is -2.42. The third-order valence-electron chi connectivity index (χ3n) is 9.19. The van der Waals surface area contributed by atoms with Crippen LogP contribution in [0.25, 0.3) is 0 Å². The van der Waals surface area contributed by atoms with Gasteiger partial charge in [-0.2, -0.15) is 0 Å². The minimum atomic E-state index is -2.02. The van der Waals surface area contributed by atoms with Gasteiger partial charge >= 0.3 is 0 Å². The van der Waals surface area contributed by atoms with Crippen LogP contribution in [0.2, 0.25) is 0 Å². The molecule has 2 aliphatic heterocycles. The first-order valence-corrected chi connectivity index (χ1v) is 14.9. The summed E-state index contributed by atoms with van der Waals surface area (Å²) in [6, 6.07) is 3.84. The summed E-state index contributed by atoms with van der Waals surface area (Å²) in [5, 5.41) is 45.4. The summed E-state index contributed by atoms with van der Waals surface area (Å²) in [7, 11) is 1.35. The maximum atomic E-state index is 13.8. The molecule has 2 aromatic rings. The average Bonchev–Trinajstić information content (AvgIpc) is 3.02. The molecular weight excluding hydrogens is 588 g/mol. The first kappa shape index (κ1) is 31.1. The summed E-state index contributed by atoms with van der Waals surface area (Å²) >= 11 is 0. The van der Waals surface area contributed by atoms with Gasteiger partial charge in [0.1, 0.15) is 29.0 Å². The van der Waals surface area contributed by atoms with Crippen molar-refractivity contribution in [2.75, 3.05) is 33.4 Å². The Morgan fingerprint density at radius 3 is 2.51 bits per heavy atom. The highest BCUT2D eigenvalue weighted by molar-refractivity contribution is 6.31. The summed E-state index contributed by atoms with van der Waals surface area (Å²) in [6.45, 7) is 5.30. The fraction of sp³-hybridized carbons (Fsp3) is 0.500. The number of carbonyl (C=O) groups is 3. The molecule has 2 aromatic carbocycles. The number of ketones is 3. The van der Waals surface area contributed by atoms with E-state index in [0.29, 0.717) is 26.3 Å². The van der Waals surface area contributed by atoms with Gasteiger partial charge in [0.2, 0.25) is 5.78 Å². The molecule has 4 aliphatic rings.